The highest BCUT2D eigenvalue weighted by molar-refractivity contribution is 7.91. The van der Waals surface area contributed by atoms with Crippen molar-refractivity contribution in [1.29, 1.82) is 0 Å². The number of nitrogens with one attached hydrogen (secondary N) is 1. The van der Waals surface area contributed by atoms with Crippen LogP contribution in [0.1, 0.15) is 49.5 Å². The molecule has 118 valence electrons. The van der Waals surface area contributed by atoms with Crippen molar-refractivity contribution in [3.63, 3.8) is 0 Å². The highest BCUT2D eigenvalue weighted by Crippen LogP contribution is 2.33. The van der Waals surface area contributed by atoms with Gasteiger partial charge in [-0.2, -0.15) is 4.31 Å². The Kier molecular flexibility index (Phi) is 4.41. The highest BCUT2D eigenvalue weighted by Gasteiger charge is 2.35. The van der Waals surface area contributed by atoms with Gasteiger partial charge in [0.2, 0.25) is 0 Å². The van der Waals surface area contributed by atoms with Crippen LogP contribution in [0.2, 0.25) is 0 Å². The zero-order chi connectivity index (χ0) is 15.0. The zero-order valence-corrected chi connectivity index (χ0v) is 14.4. The first-order valence-corrected chi connectivity index (χ1v) is 10.1. The molecular weight excluding hydrogens is 304 g/mol. The van der Waals surface area contributed by atoms with Crippen LogP contribution in [-0.2, 0) is 16.6 Å². The van der Waals surface area contributed by atoms with E-state index in [4.69, 9.17) is 0 Å². The number of thiophene rings is 1. The summed E-state index contributed by atoms with van der Waals surface area (Å²) in [7, 11) is -3.30. The van der Waals surface area contributed by atoms with Crippen molar-refractivity contribution in [3.8, 4) is 0 Å². The molecule has 6 heteroatoms. The van der Waals surface area contributed by atoms with Crippen molar-refractivity contribution in [2.75, 3.05) is 6.54 Å². The minimum atomic E-state index is -3.30. The molecule has 1 saturated heterocycles. The molecule has 2 heterocycles. The second-order valence-electron chi connectivity index (χ2n) is 6.15. The molecule has 21 heavy (non-hydrogen) atoms. The second-order valence-corrected chi connectivity index (χ2v) is 9.40. The van der Waals surface area contributed by atoms with Crippen LogP contribution in [0.5, 0.6) is 0 Å². The molecule has 1 saturated carbocycles. The summed E-state index contributed by atoms with van der Waals surface area (Å²) in [6.07, 6.45) is 5.39. The van der Waals surface area contributed by atoms with E-state index in [1.807, 2.05) is 13.0 Å². The molecule has 1 N–H and O–H groups in total. The van der Waals surface area contributed by atoms with Gasteiger partial charge in [-0.15, -0.1) is 11.3 Å². The van der Waals surface area contributed by atoms with E-state index in [2.05, 4.69) is 12.2 Å². The summed E-state index contributed by atoms with van der Waals surface area (Å²) in [6, 6.07) is 2.69. The van der Waals surface area contributed by atoms with E-state index in [1.165, 1.54) is 24.2 Å². The van der Waals surface area contributed by atoms with E-state index in [9.17, 15) is 8.42 Å². The molecule has 3 rings (SSSR count). The maximum Gasteiger partial charge on any atom is 0.252 e. The smallest absolute Gasteiger partial charge is 0.252 e. The molecule has 0 aromatic carbocycles. The first-order chi connectivity index (χ1) is 10.0. The molecule has 1 aromatic heterocycles. The molecule has 0 amide bonds. The third-order valence-corrected chi connectivity index (χ3v) is 8.12. The first kappa shape index (κ1) is 15.5. The average Bonchev–Trinajstić information content (AvgIpc) is 3.00. The summed E-state index contributed by atoms with van der Waals surface area (Å²) >= 11 is 1.44. The van der Waals surface area contributed by atoms with Crippen molar-refractivity contribution >= 4 is 21.4 Å². The number of hydrogen-bond acceptors (Lipinski definition) is 4. The molecule has 4 nitrogen and oxygen atoms in total. The summed E-state index contributed by atoms with van der Waals surface area (Å²) in [5.74, 6) is 0. The van der Waals surface area contributed by atoms with E-state index in [1.54, 1.807) is 4.31 Å². The molecule has 1 aliphatic carbocycles. The minimum Gasteiger partial charge on any atom is -0.309 e. The van der Waals surface area contributed by atoms with Gasteiger partial charge in [0.05, 0.1) is 0 Å². The van der Waals surface area contributed by atoms with E-state index in [0.717, 1.165) is 36.2 Å². The van der Waals surface area contributed by atoms with Gasteiger partial charge in [0.1, 0.15) is 4.21 Å². The maximum atomic E-state index is 12.8. The lowest BCUT2D eigenvalue weighted by Crippen LogP contribution is -2.34. The van der Waals surface area contributed by atoms with Gasteiger partial charge in [0.15, 0.2) is 0 Å². The van der Waals surface area contributed by atoms with Gasteiger partial charge in [-0.25, -0.2) is 8.42 Å². The topological polar surface area (TPSA) is 49.4 Å². The van der Waals surface area contributed by atoms with E-state index >= 15 is 0 Å². The van der Waals surface area contributed by atoms with Crippen molar-refractivity contribution in [2.24, 2.45) is 0 Å². The number of rotatable bonds is 6. The monoisotopic (exact) mass is 328 g/mol. The van der Waals surface area contributed by atoms with Gasteiger partial charge in [0, 0.05) is 30.1 Å². The molecule has 2 aliphatic rings. The Bertz CT molecular complexity index is 605. The van der Waals surface area contributed by atoms with E-state index in [-0.39, 0.29) is 6.04 Å². The third kappa shape index (κ3) is 3.18. The number of nitrogens with zero attached hydrogens (tertiary/aromatic N) is 1. The molecule has 1 unspecified atom stereocenters. The van der Waals surface area contributed by atoms with Crippen molar-refractivity contribution in [1.82, 2.24) is 9.62 Å². The lowest BCUT2D eigenvalue weighted by molar-refractivity contribution is 0.380. The summed E-state index contributed by atoms with van der Waals surface area (Å²) in [5.41, 5.74) is 1.10. The SMILES string of the molecule is CCC1CCCN1S(=O)(=O)c1cc(C)c(CNC2CC2)s1. The van der Waals surface area contributed by atoms with Crippen LogP contribution in [0.25, 0.3) is 0 Å². The molecule has 1 aliphatic heterocycles. The highest BCUT2D eigenvalue weighted by atomic mass is 32.2. The predicted molar refractivity (Wildman–Crippen MR) is 86.1 cm³/mol. The molecule has 0 spiro atoms. The minimum absolute atomic E-state index is 0.186. The van der Waals surface area contributed by atoms with Crippen molar-refractivity contribution < 1.29 is 8.42 Å². The molecule has 0 radical (unpaired) electrons. The van der Waals surface area contributed by atoms with Crippen LogP contribution in [-0.4, -0.2) is 31.4 Å². The Morgan fingerprint density at radius 3 is 2.81 bits per heavy atom. The maximum absolute atomic E-state index is 12.8. The van der Waals surface area contributed by atoms with Gasteiger partial charge < -0.3 is 5.32 Å². The normalized spacial score (nSPS) is 23.8. The van der Waals surface area contributed by atoms with Gasteiger partial charge in [-0.3, -0.25) is 0 Å². The van der Waals surface area contributed by atoms with Gasteiger partial charge in [0.25, 0.3) is 10.0 Å². The molecule has 2 fully saturated rings. The number of aryl methyl sites for hydroxylation is 1. The third-order valence-electron chi connectivity index (χ3n) is 4.48. The fourth-order valence-electron chi connectivity index (χ4n) is 2.96. The zero-order valence-electron chi connectivity index (χ0n) is 12.8. The van der Waals surface area contributed by atoms with Crippen LogP contribution in [0.4, 0.5) is 0 Å². The summed E-state index contributed by atoms with van der Waals surface area (Å²) < 4.78 is 27.9. The number of sulfonamides is 1. The Labute approximate surface area is 131 Å². The lowest BCUT2D eigenvalue weighted by Gasteiger charge is -2.21. The lowest BCUT2D eigenvalue weighted by atomic mass is 10.2. The average molecular weight is 329 g/mol. The van der Waals surface area contributed by atoms with Crippen molar-refractivity contribution in [2.45, 2.75) is 68.8 Å². The van der Waals surface area contributed by atoms with Crippen LogP contribution in [0, 0.1) is 6.92 Å². The number of hydrogen-bond donors (Lipinski definition) is 1. The van der Waals surface area contributed by atoms with Crippen LogP contribution in [0.3, 0.4) is 0 Å². The fraction of sp³-hybridized carbons (Fsp3) is 0.733. The Morgan fingerprint density at radius 1 is 1.38 bits per heavy atom. The van der Waals surface area contributed by atoms with Crippen molar-refractivity contribution in [3.05, 3.63) is 16.5 Å². The predicted octanol–water partition coefficient (Wildman–Crippen LogP) is 2.87. The Balaban J connectivity index is 1.79. The Hall–Kier alpha value is -0.430. The molecule has 1 aromatic rings. The quantitative estimate of drug-likeness (QED) is 0.873. The molecular formula is C15H24N2O2S2. The molecule has 0 bridgehead atoms. The first-order valence-electron chi connectivity index (χ1n) is 7.87. The summed E-state index contributed by atoms with van der Waals surface area (Å²) in [5, 5.41) is 3.47. The van der Waals surface area contributed by atoms with Gasteiger partial charge in [-0.1, -0.05) is 6.92 Å². The standard InChI is InChI=1S/C15H24N2O2S2/c1-3-13-5-4-8-17(13)21(18,19)15-9-11(2)14(20-15)10-16-12-6-7-12/h9,12-13,16H,3-8,10H2,1-2H3. The van der Waals surface area contributed by atoms with E-state index < -0.39 is 10.0 Å². The van der Waals surface area contributed by atoms with Gasteiger partial charge in [-0.05, 0) is 50.7 Å². The van der Waals surface area contributed by atoms with Crippen LogP contribution in [0.15, 0.2) is 10.3 Å². The Morgan fingerprint density at radius 2 is 2.14 bits per heavy atom. The molecule has 1 atom stereocenters. The van der Waals surface area contributed by atoms with Crippen LogP contribution >= 0.6 is 11.3 Å². The summed E-state index contributed by atoms with van der Waals surface area (Å²) in [6.45, 7) is 5.56. The fourth-order valence-corrected chi connectivity index (χ4v) is 6.40. The summed E-state index contributed by atoms with van der Waals surface area (Å²) in [4.78, 5) is 1.16. The second kappa shape index (κ2) is 5.99. The van der Waals surface area contributed by atoms with Gasteiger partial charge >= 0.3 is 0 Å². The van der Waals surface area contributed by atoms with E-state index in [0.29, 0.717) is 16.8 Å². The largest absolute Gasteiger partial charge is 0.309 e. The van der Waals surface area contributed by atoms with Crippen LogP contribution < -0.4 is 5.32 Å².